The number of hydrogen-bond donors (Lipinski definition) is 2. The Morgan fingerprint density at radius 2 is 2.00 bits per heavy atom. The van der Waals surface area contributed by atoms with E-state index in [1.54, 1.807) is 0 Å². The summed E-state index contributed by atoms with van der Waals surface area (Å²) < 4.78 is 0. The minimum Gasteiger partial charge on any atom is -0.357 e. The van der Waals surface area contributed by atoms with Crippen LogP contribution in [0.25, 0.3) is 0 Å². The predicted octanol–water partition coefficient (Wildman–Crippen LogP) is 3.06. The van der Waals surface area contributed by atoms with Gasteiger partial charge in [0.05, 0.1) is 6.54 Å². The molecule has 1 aromatic rings. The molecule has 1 aromatic carbocycles. The molecule has 1 saturated heterocycles. The monoisotopic (exact) mass is 354 g/mol. The van der Waals surface area contributed by atoms with Gasteiger partial charge in [0.15, 0.2) is 5.96 Å². The first-order valence-corrected chi connectivity index (χ1v) is 10.1. The number of nitrogens with zero attached hydrogens (tertiary/aromatic N) is 2. The summed E-state index contributed by atoms with van der Waals surface area (Å²) in [6.45, 7) is 5.53. The fraction of sp³-hybridized carbons (Fsp3) is 0.619. The third-order valence-electron chi connectivity index (χ3n) is 6.03. The van der Waals surface area contributed by atoms with Crippen molar-refractivity contribution in [1.29, 1.82) is 0 Å². The van der Waals surface area contributed by atoms with Crippen molar-refractivity contribution in [1.82, 2.24) is 10.6 Å². The second-order valence-corrected chi connectivity index (χ2v) is 8.00. The molecule has 1 aliphatic heterocycles. The molecule has 2 saturated carbocycles. The molecule has 1 heterocycles. The molecule has 3 fully saturated rings. The predicted molar refractivity (Wildman–Crippen MR) is 105 cm³/mol. The van der Waals surface area contributed by atoms with E-state index in [0.29, 0.717) is 18.4 Å². The first-order valence-electron chi connectivity index (χ1n) is 10.1. The highest BCUT2D eigenvalue weighted by atomic mass is 16.2. The van der Waals surface area contributed by atoms with Crippen LogP contribution in [0, 0.1) is 11.3 Å². The maximum absolute atomic E-state index is 11.8. The highest BCUT2D eigenvalue weighted by Crippen LogP contribution is 2.60. The lowest BCUT2D eigenvalue weighted by Crippen LogP contribution is -2.40. The van der Waals surface area contributed by atoms with Crippen LogP contribution >= 0.6 is 0 Å². The maximum Gasteiger partial charge on any atom is 0.227 e. The van der Waals surface area contributed by atoms with Gasteiger partial charge in [-0.1, -0.05) is 12.1 Å². The number of nitrogens with one attached hydrogen (secondary N) is 2. The molecule has 3 aliphatic rings. The van der Waals surface area contributed by atoms with Crippen molar-refractivity contribution in [3.05, 3.63) is 29.8 Å². The van der Waals surface area contributed by atoms with E-state index in [1.165, 1.54) is 31.2 Å². The van der Waals surface area contributed by atoms with Crippen LogP contribution in [0.5, 0.6) is 0 Å². The lowest BCUT2D eigenvalue weighted by Gasteiger charge is -2.18. The molecular weight excluding hydrogens is 324 g/mol. The molecule has 0 spiro atoms. The molecule has 26 heavy (non-hydrogen) atoms. The Morgan fingerprint density at radius 1 is 1.23 bits per heavy atom. The Kier molecular flexibility index (Phi) is 4.88. The van der Waals surface area contributed by atoms with Crippen LogP contribution in [-0.4, -0.2) is 31.5 Å². The van der Waals surface area contributed by atoms with Crippen LogP contribution < -0.4 is 15.5 Å². The van der Waals surface area contributed by atoms with E-state index in [2.05, 4.69) is 29.7 Å². The molecule has 0 unspecified atom stereocenters. The third-order valence-corrected chi connectivity index (χ3v) is 6.03. The van der Waals surface area contributed by atoms with Gasteiger partial charge in [-0.2, -0.15) is 0 Å². The smallest absolute Gasteiger partial charge is 0.227 e. The zero-order valence-corrected chi connectivity index (χ0v) is 15.8. The highest BCUT2D eigenvalue weighted by molar-refractivity contribution is 5.95. The summed E-state index contributed by atoms with van der Waals surface area (Å²) in [5.41, 5.74) is 2.74. The lowest BCUT2D eigenvalue weighted by molar-refractivity contribution is -0.117. The van der Waals surface area contributed by atoms with Crippen molar-refractivity contribution in [2.75, 3.05) is 24.5 Å². The summed E-state index contributed by atoms with van der Waals surface area (Å²) in [5.74, 6) is 2.11. The largest absolute Gasteiger partial charge is 0.357 e. The molecular formula is C21H30N4O. The number of hydrogen-bond acceptors (Lipinski definition) is 2. The van der Waals surface area contributed by atoms with Gasteiger partial charge in [-0.3, -0.25) is 4.79 Å². The lowest BCUT2D eigenvalue weighted by atomic mass is 10.0. The molecule has 2 N–H and O–H groups in total. The summed E-state index contributed by atoms with van der Waals surface area (Å²) in [7, 11) is 0. The Labute approximate surface area is 156 Å². The quantitative estimate of drug-likeness (QED) is 0.584. The first kappa shape index (κ1) is 17.4. The van der Waals surface area contributed by atoms with E-state index < -0.39 is 0 Å². The van der Waals surface area contributed by atoms with E-state index in [0.717, 1.165) is 43.6 Å². The number of amides is 1. The Hall–Kier alpha value is -2.04. The Morgan fingerprint density at radius 3 is 2.58 bits per heavy atom. The van der Waals surface area contributed by atoms with Crippen LogP contribution in [0.15, 0.2) is 29.3 Å². The average molecular weight is 354 g/mol. The molecule has 140 valence electrons. The van der Waals surface area contributed by atoms with Gasteiger partial charge in [-0.05, 0) is 68.1 Å². The van der Waals surface area contributed by atoms with Crippen LogP contribution in [0.3, 0.4) is 0 Å². The summed E-state index contributed by atoms with van der Waals surface area (Å²) >= 11 is 0. The SMILES string of the molecule is CCNC(=NCc1ccc(N2CCCC2=O)cc1)NCC1(C2CC2)CC1. The van der Waals surface area contributed by atoms with E-state index in [4.69, 9.17) is 4.99 Å². The van der Waals surface area contributed by atoms with Crippen molar-refractivity contribution < 1.29 is 4.79 Å². The van der Waals surface area contributed by atoms with Crippen molar-refractivity contribution in [2.24, 2.45) is 16.3 Å². The fourth-order valence-corrected chi connectivity index (χ4v) is 4.06. The van der Waals surface area contributed by atoms with Gasteiger partial charge >= 0.3 is 0 Å². The van der Waals surface area contributed by atoms with Gasteiger partial charge in [0.2, 0.25) is 5.91 Å². The second kappa shape index (κ2) is 7.29. The topological polar surface area (TPSA) is 56.7 Å². The van der Waals surface area contributed by atoms with Crippen LogP contribution in [0.2, 0.25) is 0 Å². The summed E-state index contributed by atoms with van der Waals surface area (Å²) in [6.07, 6.45) is 7.22. The van der Waals surface area contributed by atoms with E-state index in [-0.39, 0.29) is 5.91 Å². The van der Waals surface area contributed by atoms with Gasteiger partial charge in [-0.15, -0.1) is 0 Å². The Balaban J connectivity index is 1.34. The van der Waals surface area contributed by atoms with Crippen molar-refractivity contribution in [3.8, 4) is 0 Å². The molecule has 0 aromatic heterocycles. The molecule has 2 aliphatic carbocycles. The van der Waals surface area contributed by atoms with Crippen molar-refractivity contribution >= 4 is 17.6 Å². The first-order chi connectivity index (χ1) is 12.7. The maximum atomic E-state index is 11.8. The summed E-state index contributed by atoms with van der Waals surface area (Å²) in [6, 6.07) is 8.25. The number of anilines is 1. The molecule has 5 heteroatoms. The minimum absolute atomic E-state index is 0.235. The number of guanidine groups is 1. The van der Waals surface area contributed by atoms with Gasteiger partial charge < -0.3 is 15.5 Å². The van der Waals surface area contributed by atoms with Crippen LogP contribution in [-0.2, 0) is 11.3 Å². The molecule has 0 radical (unpaired) electrons. The van der Waals surface area contributed by atoms with Crippen LogP contribution in [0.4, 0.5) is 5.69 Å². The third kappa shape index (κ3) is 3.87. The van der Waals surface area contributed by atoms with Crippen molar-refractivity contribution in [3.63, 3.8) is 0 Å². The van der Waals surface area contributed by atoms with Gasteiger partial charge in [0.1, 0.15) is 0 Å². The van der Waals surface area contributed by atoms with E-state index in [9.17, 15) is 4.79 Å². The molecule has 5 nitrogen and oxygen atoms in total. The van der Waals surface area contributed by atoms with Gasteiger partial charge in [-0.25, -0.2) is 4.99 Å². The average Bonchev–Trinajstić information content (AvgIpc) is 3.56. The zero-order valence-electron chi connectivity index (χ0n) is 15.8. The van der Waals surface area contributed by atoms with E-state index >= 15 is 0 Å². The minimum atomic E-state index is 0.235. The molecule has 0 atom stereocenters. The van der Waals surface area contributed by atoms with Crippen LogP contribution in [0.1, 0.15) is 51.0 Å². The number of benzene rings is 1. The second-order valence-electron chi connectivity index (χ2n) is 8.00. The normalized spacial score (nSPS) is 21.8. The molecule has 1 amide bonds. The molecule has 4 rings (SSSR count). The molecule has 0 bridgehead atoms. The van der Waals surface area contributed by atoms with Gasteiger partial charge in [0.25, 0.3) is 0 Å². The zero-order chi connectivity index (χ0) is 18.0. The van der Waals surface area contributed by atoms with Gasteiger partial charge in [0, 0.05) is 31.7 Å². The highest BCUT2D eigenvalue weighted by Gasteiger charge is 2.53. The summed E-state index contributed by atoms with van der Waals surface area (Å²) in [4.78, 5) is 18.5. The summed E-state index contributed by atoms with van der Waals surface area (Å²) in [5, 5.41) is 6.92. The standard InChI is InChI=1S/C21H30N4O/c1-2-22-20(24-15-21(11-12-21)17-7-8-17)23-14-16-5-9-18(10-6-16)25-13-3-4-19(25)26/h5-6,9-10,17H,2-4,7-8,11-15H2,1H3,(H2,22,23,24). The van der Waals surface area contributed by atoms with Crippen molar-refractivity contribution in [2.45, 2.75) is 52.0 Å². The van der Waals surface area contributed by atoms with E-state index in [1.807, 2.05) is 17.0 Å². The number of carbonyl (C=O) groups excluding carboxylic acids is 1. The number of carbonyl (C=O) groups is 1. The number of aliphatic imine (C=N–C) groups is 1. The number of rotatable bonds is 7. The fourth-order valence-electron chi connectivity index (χ4n) is 4.06. The Bertz CT molecular complexity index is 674.